The maximum Gasteiger partial charge on any atom is 0.251 e. The molecule has 17 heavy (non-hydrogen) atoms. The van der Waals surface area contributed by atoms with Crippen molar-refractivity contribution in [3.05, 3.63) is 39.6 Å². The predicted octanol–water partition coefficient (Wildman–Crippen LogP) is 1.41. The van der Waals surface area contributed by atoms with Crippen molar-refractivity contribution in [2.75, 3.05) is 0 Å². The number of hydrogen-bond donors (Lipinski definition) is 1. The van der Waals surface area contributed by atoms with Crippen molar-refractivity contribution in [2.24, 2.45) is 7.05 Å². The molecular formula is C11H14N4OS. The Kier molecular flexibility index (Phi) is 3.33. The Balaban J connectivity index is 2.12. The number of hydrogen-bond acceptors (Lipinski definition) is 4. The Labute approximate surface area is 103 Å². The van der Waals surface area contributed by atoms with Crippen LogP contribution in [0.3, 0.4) is 0 Å². The van der Waals surface area contributed by atoms with Gasteiger partial charge in [-0.2, -0.15) is 5.10 Å². The number of rotatable bonds is 3. The Hall–Kier alpha value is -1.56. The Morgan fingerprint density at radius 2 is 2.24 bits per heavy atom. The summed E-state index contributed by atoms with van der Waals surface area (Å²) >= 11 is 1.49. The number of aromatic nitrogens is 4. The SMILES string of the molecule is Cc1cc(=O)[nH]c(SCc2nn(C)cc2C)n1. The van der Waals surface area contributed by atoms with Crippen LogP contribution in [0.1, 0.15) is 17.0 Å². The minimum absolute atomic E-state index is 0.113. The average molecular weight is 250 g/mol. The number of nitrogens with one attached hydrogen (secondary N) is 1. The zero-order valence-electron chi connectivity index (χ0n) is 10.0. The average Bonchev–Trinajstić information content (AvgIpc) is 2.53. The molecule has 0 bridgehead atoms. The molecule has 6 heteroatoms. The van der Waals surface area contributed by atoms with Gasteiger partial charge in [0.15, 0.2) is 5.16 Å². The number of aromatic amines is 1. The number of thioether (sulfide) groups is 1. The Morgan fingerprint density at radius 1 is 1.47 bits per heavy atom. The second kappa shape index (κ2) is 4.75. The summed E-state index contributed by atoms with van der Waals surface area (Å²) in [7, 11) is 1.90. The van der Waals surface area contributed by atoms with E-state index in [-0.39, 0.29) is 5.56 Å². The molecule has 90 valence electrons. The molecule has 0 amide bonds. The van der Waals surface area contributed by atoms with Gasteiger partial charge in [-0.05, 0) is 19.4 Å². The lowest BCUT2D eigenvalue weighted by Crippen LogP contribution is -2.08. The van der Waals surface area contributed by atoms with Crippen LogP contribution >= 0.6 is 11.8 Å². The van der Waals surface area contributed by atoms with Crippen LogP contribution in [0.15, 0.2) is 22.2 Å². The third kappa shape index (κ3) is 2.97. The lowest BCUT2D eigenvalue weighted by Gasteiger charge is -2.00. The number of H-pyrrole nitrogens is 1. The largest absolute Gasteiger partial charge is 0.301 e. The highest BCUT2D eigenvalue weighted by molar-refractivity contribution is 7.98. The molecule has 2 heterocycles. The standard InChI is InChI=1S/C11H14N4OS/c1-7-5-15(3)14-9(7)6-17-11-12-8(2)4-10(16)13-11/h4-5H,6H2,1-3H3,(H,12,13,16). The van der Waals surface area contributed by atoms with Crippen molar-refractivity contribution in [3.63, 3.8) is 0 Å². The maximum absolute atomic E-state index is 11.3. The fraction of sp³-hybridized carbons (Fsp3) is 0.364. The molecule has 2 aromatic rings. The van der Waals surface area contributed by atoms with Gasteiger partial charge in [0.25, 0.3) is 5.56 Å². The minimum atomic E-state index is -0.113. The summed E-state index contributed by atoms with van der Waals surface area (Å²) in [5.74, 6) is 0.707. The van der Waals surface area contributed by atoms with Crippen LogP contribution in [0.25, 0.3) is 0 Å². The molecule has 0 saturated heterocycles. The van der Waals surface area contributed by atoms with Gasteiger partial charge in [0.2, 0.25) is 0 Å². The van der Waals surface area contributed by atoms with Crippen molar-refractivity contribution in [2.45, 2.75) is 24.8 Å². The highest BCUT2D eigenvalue weighted by atomic mass is 32.2. The highest BCUT2D eigenvalue weighted by Crippen LogP contribution is 2.19. The summed E-state index contributed by atoms with van der Waals surface area (Å²) in [6, 6.07) is 1.48. The summed E-state index contributed by atoms with van der Waals surface area (Å²) in [5.41, 5.74) is 2.78. The zero-order chi connectivity index (χ0) is 12.4. The topological polar surface area (TPSA) is 63.6 Å². The van der Waals surface area contributed by atoms with E-state index in [2.05, 4.69) is 15.1 Å². The lowest BCUT2D eigenvalue weighted by molar-refractivity contribution is 0.754. The van der Waals surface area contributed by atoms with Crippen LogP contribution < -0.4 is 5.56 Å². The normalized spacial score (nSPS) is 10.8. The minimum Gasteiger partial charge on any atom is -0.301 e. The Bertz CT molecular complexity index is 587. The van der Waals surface area contributed by atoms with Gasteiger partial charge < -0.3 is 4.98 Å². The van der Waals surface area contributed by atoms with E-state index in [0.29, 0.717) is 10.9 Å². The first-order chi connectivity index (χ1) is 8.04. The number of nitrogens with zero attached hydrogens (tertiary/aromatic N) is 3. The van der Waals surface area contributed by atoms with E-state index < -0.39 is 0 Å². The van der Waals surface area contributed by atoms with Gasteiger partial charge in [-0.25, -0.2) is 4.98 Å². The van der Waals surface area contributed by atoms with Crippen LogP contribution in [0.5, 0.6) is 0 Å². The van der Waals surface area contributed by atoms with Gasteiger partial charge in [-0.3, -0.25) is 9.48 Å². The summed E-state index contributed by atoms with van der Waals surface area (Å²) < 4.78 is 1.79. The van der Waals surface area contributed by atoms with Gasteiger partial charge >= 0.3 is 0 Å². The van der Waals surface area contributed by atoms with Crippen molar-refractivity contribution in [1.29, 1.82) is 0 Å². The van der Waals surface area contributed by atoms with Crippen LogP contribution in [-0.4, -0.2) is 19.7 Å². The molecule has 5 nitrogen and oxygen atoms in total. The molecule has 0 aliphatic heterocycles. The van der Waals surface area contributed by atoms with E-state index in [4.69, 9.17) is 0 Å². The molecule has 0 aliphatic rings. The molecule has 0 unspecified atom stereocenters. The lowest BCUT2D eigenvalue weighted by atomic mass is 10.3. The second-order valence-electron chi connectivity index (χ2n) is 3.91. The third-order valence-electron chi connectivity index (χ3n) is 2.31. The zero-order valence-corrected chi connectivity index (χ0v) is 10.8. The quantitative estimate of drug-likeness (QED) is 0.661. The molecule has 2 rings (SSSR count). The fourth-order valence-corrected chi connectivity index (χ4v) is 2.49. The molecule has 0 saturated carbocycles. The van der Waals surface area contributed by atoms with E-state index >= 15 is 0 Å². The van der Waals surface area contributed by atoms with E-state index in [1.54, 1.807) is 4.68 Å². The first kappa shape index (κ1) is 11.9. The summed E-state index contributed by atoms with van der Waals surface area (Å²) in [6.45, 7) is 3.83. The van der Waals surface area contributed by atoms with E-state index in [0.717, 1.165) is 17.0 Å². The molecule has 0 aromatic carbocycles. The first-order valence-corrected chi connectivity index (χ1v) is 6.23. The molecule has 0 radical (unpaired) electrons. The maximum atomic E-state index is 11.3. The third-order valence-corrected chi connectivity index (χ3v) is 3.19. The summed E-state index contributed by atoms with van der Waals surface area (Å²) in [5, 5.41) is 4.99. The van der Waals surface area contributed by atoms with Gasteiger partial charge in [-0.15, -0.1) is 0 Å². The Morgan fingerprint density at radius 3 is 2.82 bits per heavy atom. The van der Waals surface area contributed by atoms with Gasteiger partial charge in [0.05, 0.1) is 5.69 Å². The molecule has 1 N–H and O–H groups in total. The second-order valence-corrected chi connectivity index (χ2v) is 4.88. The predicted molar refractivity (Wildman–Crippen MR) is 67.1 cm³/mol. The smallest absolute Gasteiger partial charge is 0.251 e. The molecular weight excluding hydrogens is 236 g/mol. The van der Waals surface area contributed by atoms with Crippen LogP contribution in [-0.2, 0) is 12.8 Å². The highest BCUT2D eigenvalue weighted by Gasteiger charge is 2.05. The molecule has 0 atom stereocenters. The van der Waals surface area contributed by atoms with E-state index in [1.165, 1.54) is 17.8 Å². The van der Waals surface area contributed by atoms with Gasteiger partial charge in [0.1, 0.15) is 0 Å². The van der Waals surface area contributed by atoms with Crippen molar-refractivity contribution in [3.8, 4) is 0 Å². The van der Waals surface area contributed by atoms with Crippen molar-refractivity contribution < 1.29 is 0 Å². The van der Waals surface area contributed by atoms with Crippen molar-refractivity contribution in [1.82, 2.24) is 19.7 Å². The summed E-state index contributed by atoms with van der Waals surface area (Å²) in [6.07, 6.45) is 1.97. The van der Waals surface area contributed by atoms with Crippen LogP contribution in [0.4, 0.5) is 0 Å². The fourth-order valence-electron chi connectivity index (χ4n) is 1.55. The first-order valence-electron chi connectivity index (χ1n) is 5.24. The van der Waals surface area contributed by atoms with Gasteiger partial charge in [-0.1, -0.05) is 11.8 Å². The molecule has 2 aromatic heterocycles. The van der Waals surface area contributed by atoms with E-state index in [1.807, 2.05) is 27.1 Å². The molecule has 0 spiro atoms. The van der Waals surface area contributed by atoms with Crippen molar-refractivity contribution >= 4 is 11.8 Å². The van der Waals surface area contributed by atoms with E-state index in [9.17, 15) is 4.79 Å². The van der Waals surface area contributed by atoms with Crippen LogP contribution in [0, 0.1) is 13.8 Å². The molecule has 0 aliphatic carbocycles. The number of aryl methyl sites for hydroxylation is 3. The summed E-state index contributed by atoms with van der Waals surface area (Å²) in [4.78, 5) is 18.2. The van der Waals surface area contributed by atoms with Crippen LogP contribution in [0.2, 0.25) is 0 Å². The molecule has 0 fully saturated rings. The van der Waals surface area contributed by atoms with Gasteiger partial charge in [0, 0.05) is 30.8 Å². The monoisotopic (exact) mass is 250 g/mol.